The van der Waals surface area contributed by atoms with Crippen LogP contribution < -0.4 is 5.32 Å². The molecule has 4 nitrogen and oxygen atoms in total. The van der Waals surface area contributed by atoms with Crippen LogP contribution >= 0.6 is 11.6 Å². The lowest BCUT2D eigenvalue weighted by molar-refractivity contribution is 0.00924. The smallest absolute Gasteiger partial charge is 0.251 e. The molecule has 1 saturated heterocycles. The Morgan fingerprint density at radius 3 is 2.52 bits per heavy atom. The molecule has 0 spiro atoms. The molecule has 2 aliphatic rings. The average molecular weight is 364 g/mol. The topological polar surface area (TPSA) is 35.6 Å². The van der Waals surface area contributed by atoms with Crippen LogP contribution in [0.3, 0.4) is 0 Å². The quantitative estimate of drug-likeness (QED) is 0.870. The third-order valence-electron chi connectivity index (χ3n) is 5.94. The first-order chi connectivity index (χ1) is 12.1. The highest BCUT2D eigenvalue weighted by atomic mass is 35.5. The monoisotopic (exact) mass is 363 g/mol. The van der Waals surface area contributed by atoms with Gasteiger partial charge in [-0.2, -0.15) is 0 Å². The number of rotatable bonds is 5. The zero-order valence-electron chi connectivity index (χ0n) is 15.3. The summed E-state index contributed by atoms with van der Waals surface area (Å²) >= 11 is 6.02. The number of piperazine rings is 1. The van der Waals surface area contributed by atoms with Crippen LogP contribution in [0.4, 0.5) is 0 Å². The molecule has 3 rings (SSSR count). The summed E-state index contributed by atoms with van der Waals surface area (Å²) in [6.45, 7) is 8.61. The fourth-order valence-electron chi connectivity index (χ4n) is 4.33. The third kappa shape index (κ3) is 4.55. The number of likely N-dealkylation sites (N-methyl/N-ethyl adjacent to an activating group) is 1. The number of nitrogens with one attached hydrogen (secondary N) is 1. The molecule has 0 radical (unpaired) electrons. The molecule has 1 aromatic carbocycles. The molecule has 2 fully saturated rings. The van der Waals surface area contributed by atoms with Gasteiger partial charge in [0.25, 0.3) is 5.91 Å². The molecule has 1 N–H and O–H groups in total. The van der Waals surface area contributed by atoms with Crippen molar-refractivity contribution in [2.45, 2.75) is 44.6 Å². The summed E-state index contributed by atoms with van der Waals surface area (Å²) in [5.41, 5.74) is 0.779. The van der Waals surface area contributed by atoms with Gasteiger partial charge >= 0.3 is 0 Å². The van der Waals surface area contributed by atoms with Crippen molar-refractivity contribution in [3.05, 3.63) is 34.9 Å². The maximum Gasteiger partial charge on any atom is 0.251 e. The van der Waals surface area contributed by atoms with Crippen molar-refractivity contribution in [1.82, 2.24) is 15.1 Å². The maximum absolute atomic E-state index is 12.6. The van der Waals surface area contributed by atoms with Crippen LogP contribution in [-0.4, -0.2) is 60.5 Å². The Morgan fingerprint density at radius 1 is 1.16 bits per heavy atom. The lowest BCUT2D eigenvalue weighted by Gasteiger charge is -2.50. The fourth-order valence-corrected chi connectivity index (χ4v) is 4.52. The number of nitrogens with zero attached hydrogens (tertiary/aromatic N) is 2. The van der Waals surface area contributed by atoms with Crippen molar-refractivity contribution >= 4 is 17.5 Å². The molecule has 1 saturated carbocycles. The van der Waals surface area contributed by atoms with E-state index in [4.69, 9.17) is 11.6 Å². The number of amides is 1. The van der Waals surface area contributed by atoms with E-state index in [-0.39, 0.29) is 11.4 Å². The number of halogens is 1. The molecule has 1 amide bonds. The third-order valence-corrected chi connectivity index (χ3v) is 6.17. The number of hydrogen-bond donors (Lipinski definition) is 1. The molecule has 0 unspecified atom stereocenters. The van der Waals surface area contributed by atoms with Gasteiger partial charge in [-0.05, 0) is 37.6 Å². The number of carbonyl (C=O) groups is 1. The summed E-state index contributed by atoms with van der Waals surface area (Å²) in [4.78, 5) is 17.7. The minimum atomic E-state index is -0.0142. The Morgan fingerprint density at radius 2 is 1.88 bits per heavy atom. The minimum Gasteiger partial charge on any atom is -0.350 e. The largest absolute Gasteiger partial charge is 0.350 e. The molecule has 25 heavy (non-hydrogen) atoms. The first-order valence-electron chi connectivity index (χ1n) is 9.64. The Balaban J connectivity index is 1.65. The first kappa shape index (κ1) is 18.7. The van der Waals surface area contributed by atoms with E-state index in [2.05, 4.69) is 22.0 Å². The van der Waals surface area contributed by atoms with E-state index in [1.807, 2.05) is 12.1 Å². The Bertz CT molecular complexity index is 578. The van der Waals surface area contributed by atoms with Crippen molar-refractivity contribution in [3.8, 4) is 0 Å². The normalized spacial score (nSPS) is 21.8. The lowest BCUT2D eigenvalue weighted by atomic mass is 9.79. The Kier molecular flexibility index (Phi) is 6.37. The van der Waals surface area contributed by atoms with E-state index in [1.54, 1.807) is 12.1 Å². The molecule has 0 atom stereocenters. The van der Waals surface area contributed by atoms with E-state index in [9.17, 15) is 4.79 Å². The van der Waals surface area contributed by atoms with Gasteiger partial charge in [0.2, 0.25) is 0 Å². The summed E-state index contributed by atoms with van der Waals surface area (Å²) in [6.07, 6.45) is 6.23. The van der Waals surface area contributed by atoms with Gasteiger partial charge in [0.05, 0.1) is 0 Å². The predicted octanol–water partition coefficient (Wildman–Crippen LogP) is 3.41. The Labute approximate surface area is 156 Å². The van der Waals surface area contributed by atoms with Crippen molar-refractivity contribution in [1.29, 1.82) is 0 Å². The van der Waals surface area contributed by atoms with E-state index < -0.39 is 0 Å². The van der Waals surface area contributed by atoms with Gasteiger partial charge in [0.1, 0.15) is 0 Å². The summed E-state index contributed by atoms with van der Waals surface area (Å²) in [5.74, 6) is -0.0142. The highest BCUT2D eigenvalue weighted by Gasteiger charge is 2.39. The van der Waals surface area contributed by atoms with Gasteiger partial charge in [-0.25, -0.2) is 0 Å². The van der Waals surface area contributed by atoms with Crippen molar-refractivity contribution in [2.75, 3.05) is 39.3 Å². The standard InChI is InChI=1S/C20H30ClN3O/c1-2-23-11-13-24(14-12-23)20(9-4-3-5-10-20)16-22-19(25)17-7-6-8-18(21)15-17/h6-8,15H,2-5,9-14,16H2,1H3,(H,22,25). The molecule has 1 aliphatic carbocycles. The molecular formula is C20H30ClN3O. The van der Waals surface area contributed by atoms with Crippen LogP contribution in [0.2, 0.25) is 5.02 Å². The van der Waals surface area contributed by atoms with Crippen molar-refractivity contribution in [3.63, 3.8) is 0 Å². The number of benzene rings is 1. The van der Waals surface area contributed by atoms with Gasteiger partial charge < -0.3 is 10.2 Å². The van der Waals surface area contributed by atoms with Gasteiger partial charge in [-0.3, -0.25) is 9.69 Å². The molecule has 0 aromatic heterocycles. The van der Waals surface area contributed by atoms with Crippen LogP contribution in [-0.2, 0) is 0 Å². The highest BCUT2D eigenvalue weighted by molar-refractivity contribution is 6.30. The van der Waals surface area contributed by atoms with Gasteiger partial charge in [0, 0.05) is 48.8 Å². The van der Waals surface area contributed by atoms with E-state index in [1.165, 1.54) is 32.1 Å². The fraction of sp³-hybridized carbons (Fsp3) is 0.650. The minimum absolute atomic E-state index is 0.0142. The van der Waals surface area contributed by atoms with Gasteiger partial charge in [0.15, 0.2) is 0 Å². The summed E-state index contributed by atoms with van der Waals surface area (Å²) in [5, 5.41) is 3.81. The lowest BCUT2D eigenvalue weighted by Crippen LogP contribution is -2.61. The second kappa shape index (κ2) is 8.52. The first-order valence-corrected chi connectivity index (χ1v) is 10.0. The molecule has 1 aromatic rings. The van der Waals surface area contributed by atoms with Crippen LogP contribution in [0, 0.1) is 0 Å². The summed E-state index contributed by atoms with van der Waals surface area (Å²) in [6, 6.07) is 7.20. The van der Waals surface area contributed by atoms with E-state index in [0.29, 0.717) is 10.6 Å². The van der Waals surface area contributed by atoms with Crippen LogP contribution in [0.15, 0.2) is 24.3 Å². The zero-order valence-corrected chi connectivity index (χ0v) is 16.0. The highest BCUT2D eigenvalue weighted by Crippen LogP contribution is 2.34. The Hall–Kier alpha value is -1.10. The van der Waals surface area contributed by atoms with Crippen molar-refractivity contribution < 1.29 is 4.79 Å². The maximum atomic E-state index is 12.6. The van der Waals surface area contributed by atoms with Crippen LogP contribution in [0.1, 0.15) is 49.4 Å². The summed E-state index contributed by atoms with van der Waals surface area (Å²) in [7, 11) is 0. The van der Waals surface area contributed by atoms with Gasteiger partial charge in [-0.1, -0.05) is 43.9 Å². The van der Waals surface area contributed by atoms with Crippen molar-refractivity contribution in [2.24, 2.45) is 0 Å². The average Bonchev–Trinajstić information content (AvgIpc) is 2.67. The molecule has 5 heteroatoms. The second-order valence-electron chi connectivity index (χ2n) is 7.40. The van der Waals surface area contributed by atoms with Crippen LogP contribution in [0.25, 0.3) is 0 Å². The van der Waals surface area contributed by atoms with E-state index in [0.717, 1.165) is 39.3 Å². The summed E-state index contributed by atoms with van der Waals surface area (Å²) < 4.78 is 0. The molecule has 1 aliphatic heterocycles. The second-order valence-corrected chi connectivity index (χ2v) is 7.84. The van der Waals surface area contributed by atoms with Crippen LogP contribution in [0.5, 0.6) is 0 Å². The molecular weight excluding hydrogens is 334 g/mol. The molecule has 1 heterocycles. The predicted molar refractivity (Wildman–Crippen MR) is 103 cm³/mol. The van der Waals surface area contributed by atoms with Gasteiger partial charge in [-0.15, -0.1) is 0 Å². The molecule has 0 bridgehead atoms. The SMILES string of the molecule is CCN1CCN(C2(CNC(=O)c3cccc(Cl)c3)CCCCC2)CC1. The number of carbonyl (C=O) groups excluding carboxylic acids is 1. The zero-order chi connectivity index (χ0) is 17.7. The number of hydrogen-bond acceptors (Lipinski definition) is 3. The molecule has 138 valence electrons. The van der Waals surface area contributed by atoms with E-state index >= 15 is 0 Å².